The van der Waals surface area contributed by atoms with Crippen LogP contribution in [0.5, 0.6) is 11.5 Å². The zero-order valence-corrected chi connectivity index (χ0v) is 9.94. The van der Waals surface area contributed by atoms with E-state index in [9.17, 15) is 19.8 Å². The number of morpholine rings is 1. The van der Waals surface area contributed by atoms with Gasteiger partial charge in [0.1, 0.15) is 17.1 Å². The van der Waals surface area contributed by atoms with Crippen molar-refractivity contribution in [3.63, 3.8) is 0 Å². The number of aromatic hydroxyl groups is 2. The van der Waals surface area contributed by atoms with E-state index in [0.29, 0.717) is 0 Å². The van der Waals surface area contributed by atoms with Gasteiger partial charge >= 0.3 is 5.97 Å². The molecule has 1 aliphatic heterocycles. The van der Waals surface area contributed by atoms with E-state index in [2.05, 4.69) is 0 Å². The highest BCUT2D eigenvalue weighted by atomic mass is 16.5. The van der Waals surface area contributed by atoms with Crippen LogP contribution in [0.4, 0.5) is 0 Å². The number of phenolic OH excluding ortho intramolecular Hbond substituents is 2. The van der Waals surface area contributed by atoms with E-state index in [1.54, 1.807) is 0 Å². The minimum Gasteiger partial charge on any atom is -0.507 e. The summed E-state index contributed by atoms with van der Waals surface area (Å²) in [5.41, 5.74) is -0.228. The second-order valence-electron chi connectivity index (χ2n) is 4.12. The number of carbonyl (C=O) groups is 2. The van der Waals surface area contributed by atoms with Gasteiger partial charge in [-0.1, -0.05) is 6.07 Å². The first-order valence-electron chi connectivity index (χ1n) is 5.65. The highest BCUT2D eigenvalue weighted by molar-refractivity contribution is 5.99. The molecule has 0 radical (unpaired) electrons. The smallest absolute Gasteiger partial charge is 0.334 e. The summed E-state index contributed by atoms with van der Waals surface area (Å²) in [5.74, 6) is -2.46. The molecule has 0 spiro atoms. The maximum Gasteiger partial charge on any atom is 0.334 e. The Kier molecular flexibility index (Phi) is 3.57. The Hall–Kier alpha value is -2.28. The SMILES string of the molecule is O=C(O)C1CN(C(=O)c2c(O)cccc2O)CCO1. The number of phenols is 2. The van der Waals surface area contributed by atoms with Crippen molar-refractivity contribution in [3.8, 4) is 11.5 Å². The predicted molar refractivity (Wildman–Crippen MR) is 63.1 cm³/mol. The summed E-state index contributed by atoms with van der Waals surface area (Å²) in [6.45, 7) is 0.176. The molecule has 0 aromatic heterocycles. The van der Waals surface area contributed by atoms with Crippen LogP contribution in [0.3, 0.4) is 0 Å². The number of nitrogens with zero attached hydrogens (tertiary/aromatic N) is 1. The Bertz CT molecular complexity index is 495. The van der Waals surface area contributed by atoms with Crippen LogP contribution in [-0.2, 0) is 9.53 Å². The van der Waals surface area contributed by atoms with Crippen LogP contribution in [0, 0.1) is 0 Å². The molecule has 0 bridgehead atoms. The molecule has 0 saturated carbocycles. The molecule has 1 aromatic rings. The molecular weight excluding hydrogens is 254 g/mol. The van der Waals surface area contributed by atoms with Crippen molar-refractivity contribution in [1.82, 2.24) is 4.90 Å². The van der Waals surface area contributed by atoms with Crippen LogP contribution in [-0.4, -0.2) is 57.9 Å². The fourth-order valence-electron chi connectivity index (χ4n) is 1.89. The topological polar surface area (TPSA) is 107 Å². The molecule has 1 amide bonds. The molecule has 2 rings (SSSR count). The van der Waals surface area contributed by atoms with Crippen molar-refractivity contribution in [3.05, 3.63) is 23.8 Å². The maximum absolute atomic E-state index is 12.2. The lowest BCUT2D eigenvalue weighted by Gasteiger charge is -2.31. The normalized spacial score (nSPS) is 19.2. The van der Waals surface area contributed by atoms with Gasteiger partial charge in [0, 0.05) is 6.54 Å². The van der Waals surface area contributed by atoms with E-state index < -0.39 is 18.0 Å². The average Bonchev–Trinajstić information content (AvgIpc) is 2.38. The second-order valence-corrected chi connectivity index (χ2v) is 4.12. The van der Waals surface area contributed by atoms with E-state index in [-0.39, 0.29) is 36.8 Å². The summed E-state index contributed by atoms with van der Waals surface area (Å²) >= 11 is 0. The van der Waals surface area contributed by atoms with Crippen LogP contribution in [0.2, 0.25) is 0 Å². The van der Waals surface area contributed by atoms with E-state index >= 15 is 0 Å². The Morgan fingerprint density at radius 3 is 2.47 bits per heavy atom. The Labute approximate surface area is 108 Å². The van der Waals surface area contributed by atoms with Gasteiger partial charge in [0.2, 0.25) is 0 Å². The molecule has 1 aliphatic rings. The zero-order chi connectivity index (χ0) is 14.0. The third-order valence-electron chi connectivity index (χ3n) is 2.86. The van der Waals surface area contributed by atoms with Gasteiger partial charge in [0.25, 0.3) is 5.91 Å². The lowest BCUT2D eigenvalue weighted by molar-refractivity contribution is -0.154. The molecule has 1 heterocycles. The fourth-order valence-corrected chi connectivity index (χ4v) is 1.89. The first-order valence-corrected chi connectivity index (χ1v) is 5.65. The van der Waals surface area contributed by atoms with Crippen molar-refractivity contribution >= 4 is 11.9 Å². The number of hydrogen-bond donors (Lipinski definition) is 3. The van der Waals surface area contributed by atoms with Crippen LogP contribution in [0.1, 0.15) is 10.4 Å². The highest BCUT2D eigenvalue weighted by Crippen LogP contribution is 2.28. The van der Waals surface area contributed by atoms with Gasteiger partial charge in [0.15, 0.2) is 6.10 Å². The predicted octanol–water partition coefficient (Wildman–Crippen LogP) is 0.0234. The third-order valence-corrected chi connectivity index (χ3v) is 2.86. The van der Waals surface area contributed by atoms with Crippen LogP contribution < -0.4 is 0 Å². The Balaban J connectivity index is 2.22. The number of carboxylic acids is 1. The Morgan fingerprint density at radius 1 is 1.26 bits per heavy atom. The quantitative estimate of drug-likeness (QED) is 0.697. The van der Waals surface area contributed by atoms with Crippen LogP contribution in [0.25, 0.3) is 0 Å². The molecule has 1 unspecified atom stereocenters. The van der Waals surface area contributed by atoms with Crippen molar-refractivity contribution in [2.45, 2.75) is 6.10 Å². The minimum atomic E-state index is -1.15. The molecule has 7 nitrogen and oxygen atoms in total. The van der Waals surface area contributed by atoms with Gasteiger partial charge in [-0.25, -0.2) is 4.79 Å². The third kappa shape index (κ3) is 2.60. The monoisotopic (exact) mass is 267 g/mol. The summed E-state index contributed by atoms with van der Waals surface area (Å²) in [6, 6.07) is 3.96. The van der Waals surface area contributed by atoms with E-state index in [1.165, 1.54) is 23.1 Å². The van der Waals surface area contributed by atoms with Crippen LogP contribution in [0.15, 0.2) is 18.2 Å². The number of carbonyl (C=O) groups excluding carboxylic acids is 1. The zero-order valence-electron chi connectivity index (χ0n) is 9.94. The van der Waals surface area contributed by atoms with Gasteiger partial charge < -0.3 is 25.0 Å². The van der Waals surface area contributed by atoms with Crippen molar-refractivity contribution < 1.29 is 29.6 Å². The molecule has 102 valence electrons. The first kappa shape index (κ1) is 13.2. The lowest BCUT2D eigenvalue weighted by Crippen LogP contribution is -2.48. The van der Waals surface area contributed by atoms with E-state index in [0.717, 1.165) is 0 Å². The molecule has 1 saturated heterocycles. The van der Waals surface area contributed by atoms with Crippen LogP contribution >= 0.6 is 0 Å². The van der Waals surface area contributed by atoms with E-state index in [4.69, 9.17) is 9.84 Å². The Morgan fingerprint density at radius 2 is 1.89 bits per heavy atom. The van der Waals surface area contributed by atoms with Gasteiger partial charge in [-0.05, 0) is 12.1 Å². The molecule has 1 aromatic carbocycles. The molecule has 1 atom stereocenters. The molecule has 1 fully saturated rings. The van der Waals surface area contributed by atoms with Crippen molar-refractivity contribution in [2.24, 2.45) is 0 Å². The molecule has 3 N–H and O–H groups in total. The molecular formula is C12H13NO6. The van der Waals surface area contributed by atoms with Crippen molar-refractivity contribution in [2.75, 3.05) is 19.7 Å². The number of carboxylic acid groups (broad SMARTS) is 1. The second kappa shape index (κ2) is 5.15. The summed E-state index contributed by atoms with van der Waals surface area (Å²) in [6.07, 6.45) is -1.09. The average molecular weight is 267 g/mol. The number of amides is 1. The van der Waals surface area contributed by atoms with E-state index in [1.807, 2.05) is 0 Å². The summed E-state index contributed by atoms with van der Waals surface area (Å²) < 4.78 is 5.00. The number of hydrogen-bond acceptors (Lipinski definition) is 5. The number of rotatable bonds is 2. The fraction of sp³-hybridized carbons (Fsp3) is 0.333. The largest absolute Gasteiger partial charge is 0.507 e. The molecule has 0 aliphatic carbocycles. The maximum atomic E-state index is 12.2. The van der Waals surface area contributed by atoms with Gasteiger partial charge in [-0.15, -0.1) is 0 Å². The molecule has 7 heteroatoms. The molecule has 19 heavy (non-hydrogen) atoms. The van der Waals surface area contributed by atoms with Crippen molar-refractivity contribution in [1.29, 1.82) is 0 Å². The number of aliphatic carboxylic acids is 1. The minimum absolute atomic E-state index is 0.0943. The van der Waals surface area contributed by atoms with Gasteiger partial charge in [-0.2, -0.15) is 0 Å². The standard InChI is InChI=1S/C12H13NO6/c14-7-2-1-3-8(15)10(7)11(16)13-4-5-19-9(6-13)12(17)18/h1-3,9,14-15H,4-6H2,(H,17,18). The first-order chi connectivity index (χ1) is 9.00. The summed E-state index contributed by atoms with van der Waals surface area (Å²) in [4.78, 5) is 24.2. The van der Waals surface area contributed by atoms with Gasteiger partial charge in [0.05, 0.1) is 13.2 Å². The lowest BCUT2D eigenvalue weighted by atomic mass is 10.1. The summed E-state index contributed by atoms with van der Waals surface area (Å²) in [7, 11) is 0. The number of benzene rings is 1. The number of ether oxygens (including phenoxy) is 1. The summed E-state index contributed by atoms with van der Waals surface area (Å²) in [5, 5.41) is 28.1. The van der Waals surface area contributed by atoms with Gasteiger partial charge in [-0.3, -0.25) is 4.79 Å². The highest BCUT2D eigenvalue weighted by Gasteiger charge is 2.31.